The van der Waals surface area contributed by atoms with Crippen molar-refractivity contribution in [2.45, 2.75) is 84.0 Å². The van der Waals surface area contributed by atoms with Gasteiger partial charge in [0.15, 0.2) is 0 Å². The van der Waals surface area contributed by atoms with Crippen LogP contribution in [0.3, 0.4) is 0 Å². The van der Waals surface area contributed by atoms with E-state index in [1.54, 1.807) is 0 Å². The molecule has 1 N–H and O–H groups in total. The second kappa shape index (κ2) is 15.8. The molecule has 0 atom stereocenters. The first-order chi connectivity index (χ1) is 10.2. The van der Waals surface area contributed by atoms with Crippen LogP contribution < -0.4 is 5.32 Å². The third kappa shape index (κ3) is 17.4. The smallest absolute Gasteiger partial charge is 0.234 e. The summed E-state index contributed by atoms with van der Waals surface area (Å²) in [5.41, 5.74) is 0. The first kappa shape index (κ1) is 20.4. The van der Waals surface area contributed by atoms with E-state index in [1.807, 2.05) is 19.0 Å². The Balaban J connectivity index is 3.07. The molecule has 0 saturated carbocycles. The van der Waals surface area contributed by atoms with E-state index in [0.717, 1.165) is 13.0 Å². The SMILES string of the molecule is CCCCCCCCCCCCCCNC(=O)CN(C)C. The molecule has 0 saturated heterocycles. The van der Waals surface area contributed by atoms with Crippen molar-refractivity contribution in [3.63, 3.8) is 0 Å². The van der Waals surface area contributed by atoms with E-state index in [-0.39, 0.29) is 5.91 Å². The molecule has 126 valence electrons. The summed E-state index contributed by atoms with van der Waals surface area (Å²) in [6.07, 6.45) is 16.3. The van der Waals surface area contributed by atoms with Crippen molar-refractivity contribution in [2.24, 2.45) is 0 Å². The fourth-order valence-corrected chi connectivity index (χ4v) is 2.54. The summed E-state index contributed by atoms with van der Waals surface area (Å²) in [5.74, 6) is 0.142. The number of rotatable bonds is 15. The molecule has 3 nitrogen and oxygen atoms in total. The Morgan fingerprint density at radius 2 is 1.19 bits per heavy atom. The maximum Gasteiger partial charge on any atom is 0.234 e. The molecule has 0 aromatic rings. The van der Waals surface area contributed by atoms with Crippen LogP contribution in [0, 0.1) is 0 Å². The second-order valence-electron chi connectivity index (χ2n) is 6.48. The van der Waals surface area contributed by atoms with E-state index in [4.69, 9.17) is 0 Å². The minimum absolute atomic E-state index is 0.142. The van der Waals surface area contributed by atoms with Gasteiger partial charge in [-0.15, -0.1) is 0 Å². The van der Waals surface area contributed by atoms with Crippen LogP contribution in [0.2, 0.25) is 0 Å². The van der Waals surface area contributed by atoms with Gasteiger partial charge in [0, 0.05) is 6.54 Å². The molecule has 0 fully saturated rings. The molecule has 1 amide bonds. The van der Waals surface area contributed by atoms with E-state index < -0.39 is 0 Å². The van der Waals surface area contributed by atoms with Crippen LogP contribution in [-0.2, 0) is 4.79 Å². The van der Waals surface area contributed by atoms with Gasteiger partial charge in [0.05, 0.1) is 6.54 Å². The molecule has 0 aliphatic rings. The Morgan fingerprint density at radius 3 is 1.62 bits per heavy atom. The molecule has 0 aliphatic heterocycles. The summed E-state index contributed by atoms with van der Waals surface area (Å²) in [7, 11) is 3.84. The Kier molecular flexibility index (Phi) is 15.4. The Hall–Kier alpha value is -0.570. The van der Waals surface area contributed by atoms with Gasteiger partial charge in [-0.25, -0.2) is 0 Å². The highest BCUT2D eigenvalue weighted by molar-refractivity contribution is 5.77. The number of hydrogen-bond acceptors (Lipinski definition) is 2. The lowest BCUT2D eigenvalue weighted by Crippen LogP contribution is -2.33. The van der Waals surface area contributed by atoms with Crippen LogP contribution in [0.5, 0.6) is 0 Å². The third-order valence-electron chi connectivity index (χ3n) is 3.81. The molecule has 0 spiro atoms. The number of unbranched alkanes of at least 4 members (excludes halogenated alkanes) is 11. The summed E-state index contributed by atoms with van der Waals surface area (Å²) in [6.45, 7) is 3.61. The van der Waals surface area contributed by atoms with E-state index in [2.05, 4.69) is 12.2 Å². The van der Waals surface area contributed by atoms with Crippen molar-refractivity contribution in [3.8, 4) is 0 Å². The zero-order valence-electron chi connectivity index (χ0n) is 14.8. The zero-order chi connectivity index (χ0) is 15.8. The molecular formula is C18H38N2O. The first-order valence-corrected chi connectivity index (χ1v) is 9.08. The fraction of sp³-hybridized carbons (Fsp3) is 0.944. The summed E-state index contributed by atoms with van der Waals surface area (Å²) in [4.78, 5) is 13.3. The summed E-state index contributed by atoms with van der Waals surface area (Å²) < 4.78 is 0. The van der Waals surface area contributed by atoms with E-state index >= 15 is 0 Å². The van der Waals surface area contributed by atoms with Crippen LogP contribution in [0.15, 0.2) is 0 Å². The molecule has 0 aliphatic carbocycles. The molecule has 0 bridgehead atoms. The van der Waals surface area contributed by atoms with E-state index in [9.17, 15) is 4.79 Å². The van der Waals surface area contributed by atoms with Gasteiger partial charge >= 0.3 is 0 Å². The number of carbonyl (C=O) groups excluding carboxylic acids is 1. The summed E-state index contributed by atoms with van der Waals surface area (Å²) >= 11 is 0. The topological polar surface area (TPSA) is 32.3 Å². The van der Waals surface area contributed by atoms with Gasteiger partial charge in [0.25, 0.3) is 0 Å². The second-order valence-corrected chi connectivity index (χ2v) is 6.48. The molecule has 0 aromatic heterocycles. The van der Waals surface area contributed by atoms with Crippen LogP contribution in [0.4, 0.5) is 0 Å². The van der Waals surface area contributed by atoms with Crippen molar-refractivity contribution in [3.05, 3.63) is 0 Å². The van der Waals surface area contributed by atoms with Crippen LogP contribution >= 0.6 is 0 Å². The van der Waals surface area contributed by atoms with Crippen LogP contribution in [0.25, 0.3) is 0 Å². The number of nitrogens with one attached hydrogen (secondary N) is 1. The average Bonchev–Trinajstić information content (AvgIpc) is 2.43. The lowest BCUT2D eigenvalue weighted by molar-refractivity contribution is -0.121. The summed E-state index contributed by atoms with van der Waals surface area (Å²) in [5, 5.41) is 2.97. The number of nitrogens with zero attached hydrogens (tertiary/aromatic N) is 1. The molecule has 3 heteroatoms. The first-order valence-electron chi connectivity index (χ1n) is 9.08. The lowest BCUT2D eigenvalue weighted by Gasteiger charge is -2.09. The Labute approximate surface area is 132 Å². The molecule has 0 heterocycles. The van der Waals surface area contributed by atoms with Crippen molar-refractivity contribution in [1.82, 2.24) is 10.2 Å². The standard InChI is InChI=1S/C18H38N2O/c1-4-5-6-7-8-9-10-11-12-13-14-15-16-19-18(21)17-20(2)3/h4-17H2,1-3H3,(H,19,21). The number of hydrogen-bond donors (Lipinski definition) is 1. The number of carbonyl (C=O) groups is 1. The van der Waals surface area contributed by atoms with Gasteiger partial charge in [-0.3, -0.25) is 4.79 Å². The van der Waals surface area contributed by atoms with Gasteiger partial charge in [0.2, 0.25) is 5.91 Å². The highest BCUT2D eigenvalue weighted by Gasteiger charge is 2.01. The quantitative estimate of drug-likeness (QED) is 0.455. The van der Waals surface area contributed by atoms with Crippen LogP contribution in [0.1, 0.15) is 84.0 Å². The van der Waals surface area contributed by atoms with Crippen LogP contribution in [-0.4, -0.2) is 38.0 Å². The van der Waals surface area contributed by atoms with Gasteiger partial charge < -0.3 is 10.2 Å². The highest BCUT2D eigenvalue weighted by Crippen LogP contribution is 2.11. The third-order valence-corrected chi connectivity index (χ3v) is 3.81. The van der Waals surface area contributed by atoms with Crippen molar-refractivity contribution in [1.29, 1.82) is 0 Å². The van der Waals surface area contributed by atoms with Gasteiger partial charge in [-0.2, -0.15) is 0 Å². The Morgan fingerprint density at radius 1 is 0.762 bits per heavy atom. The number of likely N-dealkylation sites (N-methyl/N-ethyl adjacent to an activating group) is 1. The largest absolute Gasteiger partial charge is 0.355 e. The lowest BCUT2D eigenvalue weighted by atomic mass is 10.1. The van der Waals surface area contributed by atoms with Crippen molar-refractivity contribution < 1.29 is 4.79 Å². The van der Waals surface area contributed by atoms with Gasteiger partial charge in [0.1, 0.15) is 0 Å². The molecule has 0 radical (unpaired) electrons. The predicted octanol–water partition coefficient (Wildman–Crippen LogP) is 4.37. The van der Waals surface area contributed by atoms with E-state index in [0.29, 0.717) is 6.54 Å². The average molecular weight is 299 g/mol. The number of amides is 1. The predicted molar refractivity (Wildman–Crippen MR) is 92.6 cm³/mol. The van der Waals surface area contributed by atoms with Gasteiger partial charge in [-0.1, -0.05) is 77.6 Å². The van der Waals surface area contributed by atoms with E-state index in [1.165, 1.54) is 70.6 Å². The summed E-state index contributed by atoms with van der Waals surface area (Å²) in [6, 6.07) is 0. The maximum atomic E-state index is 11.4. The maximum absolute atomic E-state index is 11.4. The molecule has 0 rings (SSSR count). The molecule has 0 unspecified atom stereocenters. The minimum atomic E-state index is 0.142. The zero-order valence-corrected chi connectivity index (χ0v) is 14.8. The fourth-order valence-electron chi connectivity index (χ4n) is 2.54. The monoisotopic (exact) mass is 298 g/mol. The molecule has 0 aromatic carbocycles. The van der Waals surface area contributed by atoms with Crippen molar-refractivity contribution >= 4 is 5.91 Å². The highest BCUT2D eigenvalue weighted by atomic mass is 16.1. The normalized spacial score (nSPS) is 11.0. The molecular weight excluding hydrogens is 260 g/mol. The molecule has 21 heavy (non-hydrogen) atoms. The van der Waals surface area contributed by atoms with Crippen molar-refractivity contribution in [2.75, 3.05) is 27.2 Å². The van der Waals surface area contributed by atoms with Gasteiger partial charge in [-0.05, 0) is 20.5 Å². The minimum Gasteiger partial charge on any atom is -0.355 e. The Bertz CT molecular complexity index is 229.